The summed E-state index contributed by atoms with van der Waals surface area (Å²) in [7, 11) is 0. The van der Waals surface area contributed by atoms with E-state index in [1.807, 2.05) is 12.1 Å². The highest BCUT2D eigenvalue weighted by Crippen LogP contribution is 2.34. The summed E-state index contributed by atoms with van der Waals surface area (Å²) in [6, 6.07) is 9.49. The highest BCUT2D eigenvalue weighted by atomic mass is 16.6. The number of rotatable bonds is 10. The molecule has 2 atom stereocenters. The van der Waals surface area contributed by atoms with Crippen LogP contribution in [0.5, 0.6) is 11.5 Å². The Labute approximate surface area is 225 Å². The van der Waals surface area contributed by atoms with Gasteiger partial charge in [-0.2, -0.15) is 5.26 Å². The number of aromatic nitrogens is 1. The van der Waals surface area contributed by atoms with Crippen LogP contribution in [-0.4, -0.2) is 68.4 Å². The molecule has 204 valence electrons. The quantitative estimate of drug-likeness (QED) is 0.385. The maximum absolute atomic E-state index is 12.5. The lowest BCUT2D eigenvalue weighted by molar-refractivity contribution is -0.119. The lowest BCUT2D eigenvalue weighted by atomic mass is 10.0. The van der Waals surface area contributed by atoms with Gasteiger partial charge in [-0.15, -0.1) is 0 Å². The number of fused-ring (bicyclic) bond motifs is 2. The number of amides is 3. The Balaban J connectivity index is 1.08. The predicted molar refractivity (Wildman–Crippen MR) is 140 cm³/mol. The molecule has 39 heavy (non-hydrogen) atoms. The third kappa shape index (κ3) is 6.04. The van der Waals surface area contributed by atoms with E-state index in [0.29, 0.717) is 67.3 Å². The lowest BCUT2D eigenvalue weighted by Crippen LogP contribution is -2.30. The van der Waals surface area contributed by atoms with Gasteiger partial charge in [0.15, 0.2) is 18.2 Å². The van der Waals surface area contributed by atoms with E-state index in [0.717, 1.165) is 30.5 Å². The van der Waals surface area contributed by atoms with Crippen molar-refractivity contribution < 1.29 is 28.6 Å². The molecule has 3 heterocycles. The van der Waals surface area contributed by atoms with Gasteiger partial charge in [-0.05, 0) is 67.6 Å². The third-order valence-corrected chi connectivity index (χ3v) is 6.91. The van der Waals surface area contributed by atoms with Crippen LogP contribution in [0.4, 0.5) is 16.4 Å². The number of ether oxygens (including phenoxy) is 3. The lowest BCUT2D eigenvalue weighted by Gasteiger charge is -2.19. The zero-order chi connectivity index (χ0) is 27.4. The second-order valence-electron chi connectivity index (χ2n) is 9.76. The molecule has 2 aliphatic heterocycles. The van der Waals surface area contributed by atoms with E-state index in [4.69, 9.17) is 14.2 Å². The molecular formula is C27H30N6O6. The Hall–Kier alpha value is -4.37. The van der Waals surface area contributed by atoms with Crippen LogP contribution in [0.2, 0.25) is 0 Å². The topological polar surface area (TPSA) is 155 Å². The van der Waals surface area contributed by atoms with E-state index in [1.165, 1.54) is 11.8 Å². The normalized spacial score (nSPS) is 19.3. The number of nitrogens with zero attached hydrogens (tertiary/aromatic N) is 3. The molecule has 1 aromatic carbocycles. The largest absolute Gasteiger partial charge is 0.490 e. The maximum Gasteiger partial charge on any atom is 0.415 e. The van der Waals surface area contributed by atoms with Crippen LogP contribution < -0.4 is 30.3 Å². The van der Waals surface area contributed by atoms with Crippen LogP contribution >= 0.6 is 0 Å². The second kappa shape index (κ2) is 11.6. The van der Waals surface area contributed by atoms with Gasteiger partial charge in [-0.1, -0.05) is 6.07 Å². The summed E-state index contributed by atoms with van der Waals surface area (Å²) in [6.07, 6.45) is 1.55. The Bertz CT molecular complexity index is 1320. The molecule has 12 heteroatoms. The van der Waals surface area contributed by atoms with Crippen LogP contribution in [0.25, 0.3) is 0 Å². The van der Waals surface area contributed by atoms with Gasteiger partial charge in [-0.25, -0.2) is 9.78 Å². The van der Waals surface area contributed by atoms with Crippen LogP contribution in [0.3, 0.4) is 0 Å². The van der Waals surface area contributed by atoms with Crippen molar-refractivity contribution in [2.45, 2.75) is 32.3 Å². The number of nitriles is 1. The van der Waals surface area contributed by atoms with E-state index < -0.39 is 6.09 Å². The summed E-state index contributed by atoms with van der Waals surface area (Å²) in [4.78, 5) is 40.9. The number of hydrogen-bond acceptors (Lipinski definition) is 9. The number of nitrogens with one attached hydrogen (secondary N) is 3. The minimum Gasteiger partial charge on any atom is -0.490 e. The Morgan fingerprint density at radius 3 is 2.95 bits per heavy atom. The predicted octanol–water partition coefficient (Wildman–Crippen LogP) is 1.52. The first-order valence-electron chi connectivity index (χ1n) is 13.0. The van der Waals surface area contributed by atoms with E-state index in [-0.39, 0.29) is 24.5 Å². The summed E-state index contributed by atoms with van der Waals surface area (Å²) in [5.74, 6) is 1.64. The van der Waals surface area contributed by atoms with Gasteiger partial charge >= 0.3 is 6.09 Å². The van der Waals surface area contributed by atoms with Crippen molar-refractivity contribution in [3.8, 4) is 17.6 Å². The van der Waals surface area contributed by atoms with Crippen molar-refractivity contribution in [2.75, 3.05) is 49.6 Å². The fourth-order valence-electron chi connectivity index (χ4n) is 5.07. The first kappa shape index (κ1) is 26.2. The molecule has 0 bridgehead atoms. The summed E-state index contributed by atoms with van der Waals surface area (Å²) < 4.78 is 16.6. The highest BCUT2D eigenvalue weighted by Gasteiger charge is 2.34. The first-order valence-corrected chi connectivity index (χ1v) is 13.0. The van der Waals surface area contributed by atoms with Gasteiger partial charge in [0.1, 0.15) is 30.3 Å². The van der Waals surface area contributed by atoms with Gasteiger partial charge in [0.2, 0.25) is 5.91 Å². The molecule has 0 spiro atoms. The number of carbonyl (C=O) groups is 3. The van der Waals surface area contributed by atoms with Gasteiger partial charge in [-0.3, -0.25) is 14.5 Å². The van der Waals surface area contributed by atoms with E-state index in [1.54, 1.807) is 12.1 Å². The van der Waals surface area contributed by atoms with Crippen LogP contribution in [0, 0.1) is 17.2 Å². The number of hydrogen-bond donors (Lipinski definition) is 3. The molecule has 1 fully saturated rings. The number of carbonyl (C=O) groups excluding carboxylic acids is 3. The van der Waals surface area contributed by atoms with Crippen LogP contribution in [0.1, 0.15) is 30.0 Å². The van der Waals surface area contributed by atoms with Crippen molar-refractivity contribution in [1.29, 1.82) is 5.26 Å². The zero-order valence-electron chi connectivity index (χ0n) is 21.6. The van der Waals surface area contributed by atoms with E-state index in [2.05, 4.69) is 27.0 Å². The van der Waals surface area contributed by atoms with Crippen molar-refractivity contribution >= 4 is 29.5 Å². The van der Waals surface area contributed by atoms with Crippen molar-refractivity contribution in [2.24, 2.45) is 5.92 Å². The smallest absolute Gasteiger partial charge is 0.415 e. The highest BCUT2D eigenvalue weighted by molar-refractivity contribution is 5.95. The zero-order valence-corrected chi connectivity index (χ0v) is 21.6. The molecule has 1 saturated heterocycles. The minimum atomic E-state index is -0.471. The molecule has 3 N–H and O–H groups in total. The van der Waals surface area contributed by atoms with Crippen molar-refractivity contribution in [1.82, 2.24) is 15.6 Å². The molecule has 12 nitrogen and oxygen atoms in total. The average Bonchev–Trinajstić information content (AvgIpc) is 3.51. The first-order chi connectivity index (χ1) is 18.9. The standard InChI is InChI=1S/C27H30N6O6/c1-16(34)30-8-9-37-22-3-2-18-10-17(11-20(18)21(22)12-28)13-29-7-6-19-14-33(27(36)39-19)24-5-4-23-26(31-24)32-25(35)15-38-23/h2-5,17,19,29H,6-11,13-15H2,1H3,(H,30,34)(H,31,32,35). The van der Waals surface area contributed by atoms with Crippen molar-refractivity contribution in [3.05, 3.63) is 41.0 Å². The third-order valence-electron chi connectivity index (χ3n) is 6.91. The Morgan fingerprint density at radius 1 is 1.26 bits per heavy atom. The molecule has 1 aromatic heterocycles. The average molecular weight is 535 g/mol. The molecule has 0 saturated carbocycles. The summed E-state index contributed by atoms with van der Waals surface area (Å²) in [6.45, 7) is 3.89. The van der Waals surface area contributed by atoms with Gasteiger partial charge < -0.3 is 30.2 Å². The fraction of sp³-hybridized carbons (Fsp3) is 0.444. The Morgan fingerprint density at radius 2 is 2.13 bits per heavy atom. The fourth-order valence-corrected chi connectivity index (χ4v) is 5.07. The molecule has 0 radical (unpaired) electrons. The monoisotopic (exact) mass is 534 g/mol. The second-order valence-corrected chi connectivity index (χ2v) is 9.76. The Kier molecular flexibility index (Phi) is 7.79. The number of pyridine rings is 1. The van der Waals surface area contributed by atoms with Gasteiger partial charge in [0.25, 0.3) is 5.91 Å². The molecule has 2 unspecified atom stereocenters. The van der Waals surface area contributed by atoms with Crippen molar-refractivity contribution in [3.63, 3.8) is 0 Å². The number of benzene rings is 1. The molecule has 5 rings (SSSR count). The van der Waals surface area contributed by atoms with E-state index >= 15 is 0 Å². The molecule has 1 aliphatic carbocycles. The van der Waals surface area contributed by atoms with Gasteiger partial charge in [0, 0.05) is 6.92 Å². The maximum atomic E-state index is 12.5. The summed E-state index contributed by atoms with van der Waals surface area (Å²) in [5, 5.41) is 18.5. The SMILES string of the molecule is CC(=O)NCCOc1ccc2c(c1C#N)CC(CNCCC1CN(c3ccc4c(n3)NC(=O)CO4)C(=O)O1)C2. The molecule has 2 aromatic rings. The summed E-state index contributed by atoms with van der Waals surface area (Å²) >= 11 is 0. The minimum absolute atomic E-state index is 0.0577. The van der Waals surface area contributed by atoms with Crippen LogP contribution in [-0.2, 0) is 27.2 Å². The number of anilines is 2. The molecule has 3 amide bonds. The summed E-state index contributed by atoms with van der Waals surface area (Å²) in [5.41, 5.74) is 2.76. The molecular weight excluding hydrogens is 504 g/mol. The van der Waals surface area contributed by atoms with Gasteiger partial charge in [0.05, 0.1) is 18.7 Å². The van der Waals surface area contributed by atoms with E-state index in [9.17, 15) is 19.6 Å². The van der Waals surface area contributed by atoms with Crippen LogP contribution in [0.15, 0.2) is 24.3 Å². The number of cyclic esters (lactones) is 1. The molecule has 3 aliphatic rings.